The molecule has 3 aromatic rings. The van der Waals surface area contributed by atoms with Crippen molar-refractivity contribution in [1.82, 2.24) is 0 Å². The number of benzene rings is 3. The van der Waals surface area contributed by atoms with Gasteiger partial charge in [0.05, 0.1) is 6.61 Å². The first-order valence-electron chi connectivity index (χ1n) is 15.1. The highest BCUT2D eigenvalue weighted by Crippen LogP contribution is 2.33. The summed E-state index contributed by atoms with van der Waals surface area (Å²) in [6, 6.07) is 19.8. The Kier molecular flexibility index (Phi) is 10.4. The fourth-order valence-corrected chi connectivity index (χ4v) is 5.27. The number of ether oxygens (including phenoxy) is 3. The third-order valence-electron chi connectivity index (χ3n) is 7.87. The lowest BCUT2D eigenvalue weighted by Crippen LogP contribution is -2.15. The summed E-state index contributed by atoms with van der Waals surface area (Å²) in [7, 11) is 0. The Labute approximate surface area is 236 Å². The van der Waals surface area contributed by atoms with Crippen molar-refractivity contribution in [2.45, 2.75) is 97.8 Å². The molecule has 0 radical (unpaired) electrons. The van der Waals surface area contributed by atoms with Gasteiger partial charge in [-0.05, 0) is 108 Å². The molecule has 0 spiro atoms. The van der Waals surface area contributed by atoms with Crippen LogP contribution in [-0.2, 0) is 19.3 Å². The Morgan fingerprint density at radius 3 is 1.59 bits per heavy atom. The number of hydrogen-bond donors (Lipinski definition) is 0. The van der Waals surface area contributed by atoms with Gasteiger partial charge in [-0.3, -0.25) is 0 Å². The molecule has 6 rings (SSSR count). The lowest BCUT2D eigenvalue weighted by atomic mass is 9.88. The van der Waals surface area contributed by atoms with Crippen LogP contribution in [0, 0.1) is 0 Å². The molecule has 210 valence electrons. The molecule has 0 unspecified atom stereocenters. The Bertz CT molecular complexity index is 1060. The molecule has 0 saturated carbocycles. The summed E-state index contributed by atoms with van der Waals surface area (Å²) < 4.78 is 16.5. The van der Waals surface area contributed by atoms with Gasteiger partial charge in [0.25, 0.3) is 0 Å². The van der Waals surface area contributed by atoms with Crippen molar-refractivity contribution in [3.63, 3.8) is 0 Å². The Balaban J connectivity index is 0.000000136. The first-order valence-corrected chi connectivity index (χ1v) is 15.1. The molecule has 0 atom stereocenters. The standard InChI is InChI=1S/C13H18.C12H16O.C11H14O2/c1-10(2)12-8-7-11-5-3-4-6-13(11)9-12;1-9(2)10-5-6-12-11(8-10)4-3-7-13-12;1-8(2)9-3-4-10-11(7-9)13-6-5-12-10/h7-10H,3-6H2,1-2H3;5-6,8-9H,3-4,7H2,1-2H3;3-4,7-8H,5-6H2,1-2H3. The highest BCUT2D eigenvalue weighted by Gasteiger charge is 2.13. The predicted molar refractivity (Wildman–Crippen MR) is 163 cm³/mol. The van der Waals surface area contributed by atoms with Crippen LogP contribution in [0.5, 0.6) is 17.2 Å². The van der Waals surface area contributed by atoms with E-state index >= 15 is 0 Å². The van der Waals surface area contributed by atoms with Crippen molar-refractivity contribution in [2.24, 2.45) is 0 Å². The Morgan fingerprint density at radius 1 is 0.436 bits per heavy atom. The number of aryl methyl sites for hydroxylation is 3. The quantitative estimate of drug-likeness (QED) is 0.339. The van der Waals surface area contributed by atoms with Crippen LogP contribution >= 0.6 is 0 Å². The summed E-state index contributed by atoms with van der Waals surface area (Å²) in [5.74, 6) is 4.68. The van der Waals surface area contributed by atoms with Crippen molar-refractivity contribution in [3.8, 4) is 17.2 Å². The van der Waals surface area contributed by atoms with Gasteiger partial charge in [0, 0.05) is 0 Å². The van der Waals surface area contributed by atoms with E-state index in [1.165, 1.54) is 54.4 Å². The van der Waals surface area contributed by atoms with Crippen LogP contribution < -0.4 is 14.2 Å². The van der Waals surface area contributed by atoms with E-state index in [9.17, 15) is 0 Å². The van der Waals surface area contributed by atoms with E-state index < -0.39 is 0 Å². The van der Waals surface area contributed by atoms with Gasteiger partial charge in [-0.15, -0.1) is 0 Å². The minimum absolute atomic E-state index is 0.538. The van der Waals surface area contributed by atoms with Gasteiger partial charge >= 0.3 is 0 Å². The van der Waals surface area contributed by atoms with Gasteiger partial charge in [-0.2, -0.15) is 0 Å². The van der Waals surface area contributed by atoms with Crippen LogP contribution in [0.3, 0.4) is 0 Å². The van der Waals surface area contributed by atoms with Gasteiger partial charge in [-0.25, -0.2) is 0 Å². The topological polar surface area (TPSA) is 27.7 Å². The highest BCUT2D eigenvalue weighted by molar-refractivity contribution is 5.44. The second-order valence-electron chi connectivity index (χ2n) is 11.9. The maximum absolute atomic E-state index is 5.56. The smallest absolute Gasteiger partial charge is 0.161 e. The third-order valence-corrected chi connectivity index (χ3v) is 7.87. The summed E-state index contributed by atoms with van der Waals surface area (Å²) in [5.41, 5.74) is 8.81. The largest absolute Gasteiger partial charge is 0.493 e. The Morgan fingerprint density at radius 2 is 0.923 bits per heavy atom. The first-order chi connectivity index (χ1) is 18.8. The molecule has 1 aliphatic carbocycles. The average molecular weight is 529 g/mol. The van der Waals surface area contributed by atoms with Gasteiger partial charge in [0.15, 0.2) is 11.5 Å². The summed E-state index contributed by atoms with van der Waals surface area (Å²) in [6.45, 7) is 15.5. The lowest BCUT2D eigenvalue weighted by Gasteiger charge is -2.19. The fraction of sp³-hybridized carbons (Fsp3) is 0.500. The van der Waals surface area contributed by atoms with Crippen LogP contribution in [0.25, 0.3) is 0 Å². The monoisotopic (exact) mass is 528 g/mol. The molecule has 0 fully saturated rings. The molecule has 2 aliphatic heterocycles. The third kappa shape index (κ3) is 8.03. The van der Waals surface area contributed by atoms with Crippen LogP contribution in [0.1, 0.15) is 112 Å². The fourth-order valence-electron chi connectivity index (χ4n) is 5.27. The molecule has 0 bridgehead atoms. The molecule has 3 aromatic carbocycles. The second kappa shape index (κ2) is 13.9. The van der Waals surface area contributed by atoms with E-state index in [4.69, 9.17) is 14.2 Å². The van der Waals surface area contributed by atoms with E-state index in [2.05, 4.69) is 90.1 Å². The zero-order valence-electron chi connectivity index (χ0n) is 25.0. The molecule has 3 heteroatoms. The minimum atomic E-state index is 0.538. The van der Waals surface area contributed by atoms with Gasteiger partial charge in [0.2, 0.25) is 0 Å². The number of rotatable bonds is 3. The van der Waals surface area contributed by atoms with Gasteiger partial charge < -0.3 is 14.2 Å². The van der Waals surface area contributed by atoms with Crippen LogP contribution in [0.15, 0.2) is 54.6 Å². The molecule has 3 nitrogen and oxygen atoms in total. The maximum Gasteiger partial charge on any atom is 0.161 e. The minimum Gasteiger partial charge on any atom is -0.493 e. The second-order valence-corrected chi connectivity index (χ2v) is 11.9. The molecular formula is C36H48O3. The van der Waals surface area contributed by atoms with Gasteiger partial charge in [-0.1, -0.05) is 77.9 Å². The van der Waals surface area contributed by atoms with E-state index in [-0.39, 0.29) is 0 Å². The van der Waals surface area contributed by atoms with Crippen molar-refractivity contribution < 1.29 is 14.2 Å². The van der Waals surface area contributed by atoms with E-state index in [1.807, 2.05) is 6.07 Å². The lowest BCUT2D eigenvalue weighted by molar-refractivity contribution is 0.171. The summed E-state index contributed by atoms with van der Waals surface area (Å²) in [5, 5.41) is 0. The summed E-state index contributed by atoms with van der Waals surface area (Å²) in [4.78, 5) is 0. The zero-order valence-corrected chi connectivity index (χ0v) is 25.0. The van der Waals surface area contributed by atoms with Crippen LogP contribution in [0.2, 0.25) is 0 Å². The van der Waals surface area contributed by atoms with Crippen molar-refractivity contribution in [1.29, 1.82) is 0 Å². The van der Waals surface area contributed by atoms with E-state index in [1.54, 1.807) is 11.1 Å². The van der Waals surface area contributed by atoms with Gasteiger partial charge in [0.1, 0.15) is 19.0 Å². The summed E-state index contributed by atoms with van der Waals surface area (Å²) in [6.07, 6.45) is 7.70. The highest BCUT2D eigenvalue weighted by atomic mass is 16.6. The predicted octanol–water partition coefficient (Wildman–Crippen LogP) is 9.41. The molecule has 39 heavy (non-hydrogen) atoms. The summed E-state index contributed by atoms with van der Waals surface area (Å²) >= 11 is 0. The maximum atomic E-state index is 5.56. The number of fused-ring (bicyclic) bond motifs is 3. The molecule has 0 N–H and O–H groups in total. The Hall–Kier alpha value is -2.94. The molecule has 0 saturated heterocycles. The van der Waals surface area contributed by atoms with E-state index in [0.29, 0.717) is 31.0 Å². The normalized spacial score (nSPS) is 15.3. The zero-order chi connectivity index (χ0) is 27.8. The van der Waals surface area contributed by atoms with Crippen molar-refractivity contribution in [2.75, 3.05) is 19.8 Å². The SMILES string of the molecule is CC(C)c1ccc2c(c1)CCCC2.CC(C)c1ccc2c(c1)CCCO2.CC(C)c1ccc2c(c1)OCCO2. The number of hydrogen-bond acceptors (Lipinski definition) is 3. The van der Waals surface area contributed by atoms with E-state index in [0.717, 1.165) is 30.3 Å². The van der Waals surface area contributed by atoms with Crippen molar-refractivity contribution >= 4 is 0 Å². The molecule has 2 heterocycles. The molecule has 0 aromatic heterocycles. The average Bonchev–Trinajstić information content (AvgIpc) is 2.97. The van der Waals surface area contributed by atoms with Crippen molar-refractivity contribution in [3.05, 3.63) is 88.0 Å². The van der Waals surface area contributed by atoms with Crippen LogP contribution in [-0.4, -0.2) is 19.8 Å². The molecule has 0 amide bonds. The van der Waals surface area contributed by atoms with Crippen LogP contribution in [0.4, 0.5) is 0 Å². The first kappa shape index (κ1) is 29.1. The molecule has 3 aliphatic rings. The molecular weight excluding hydrogens is 480 g/mol.